The highest BCUT2D eigenvalue weighted by Gasteiger charge is 2.44. The monoisotopic (exact) mass is 495 g/mol. The third kappa shape index (κ3) is 4.68. The van der Waals surface area contributed by atoms with E-state index in [1.165, 1.54) is 43.5 Å². The van der Waals surface area contributed by atoms with E-state index in [0.717, 1.165) is 23.1 Å². The van der Waals surface area contributed by atoms with Crippen LogP contribution >= 0.6 is 0 Å². The van der Waals surface area contributed by atoms with E-state index in [1.54, 1.807) is 30.3 Å². The summed E-state index contributed by atoms with van der Waals surface area (Å²) in [7, 11) is 1.30. The molecule has 0 radical (unpaired) electrons. The lowest BCUT2D eigenvalue weighted by Crippen LogP contribution is -2.31. The fourth-order valence-corrected chi connectivity index (χ4v) is 3.96. The molecule has 3 aromatic carbocycles. The molecule has 0 unspecified atom stereocenters. The Labute approximate surface area is 204 Å². The van der Waals surface area contributed by atoms with Crippen LogP contribution in [0.15, 0.2) is 90.2 Å². The highest BCUT2D eigenvalue weighted by atomic mass is 19.4. The Morgan fingerprint density at radius 2 is 1.72 bits per heavy atom. The van der Waals surface area contributed by atoms with Crippen LogP contribution in [0.2, 0.25) is 0 Å². The largest absolute Gasteiger partial charge is 0.504 e. The van der Waals surface area contributed by atoms with Gasteiger partial charge >= 0.3 is 6.18 Å². The number of hydrogen-bond donors (Lipinski definition) is 2. The molecule has 1 aliphatic rings. The average Bonchev–Trinajstić information content (AvgIpc) is 3.13. The number of aliphatic hydroxyl groups excluding tert-OH is 1. The number of benzene rings is 3. The van der Waals surface area contributed by atoms with E-state index in [4.69, 9.17) is 4.74 Å². The van der Waals surface area contributed by atoms with Crippen molar-refractivity contribution in [2.24, 2.45) is 0 Å². The number of aliphatic hydroxyl groups is 1. The molecule has 0 saturated carbocycles. The van der Waals surface area contributed by atoms with Gasteiger partial charge in [-0.1, -0.05) is 48.5 Å². The maximum Gasteiger partial charge on any atom is 0.416 e. The molecular formula is C27H20F3NO5. The summed E-state index contributed by atoms with van der Waals surface area (Å²) in [5, 5.41) is 20.7. The summed E-state index contributed by atoms with van der Waals surface area (Å²) in [5.41, 5.74) is -0.576. The number of carbonyl (C=O) groups is 2. The van der Waals surface area contributed by atoms with Crippen molar-refractivity contribution < 1.29 is 37.7 Å². The van der Waals surface area contributed by atoms with Crippen LogP contribution in [0.4, 0.5) is 18.9 Å². The molecule has 0 aromatic heterocycles. The molecule has 6 nitrogen and oxygen atoms in total. The summed E-state index contributed by atoms with van der Waals surface area (Å²) in [5.74, 6) is -2.84. The minimum atomic E-state index is -4.68. The fraction of sp³-hybridized carbons (Fsp3) is 0.111. The molecule has 3 aromatic rings. The summed E-state index contributed by atoms with van der Waals surface area (Å²) in [4.78, 5) is 27.3. The highest BCUT2D eigenvalue weighted by molar-refractivity contribution is 6.19. The standard InChI is InChI=1S/C27H20F3NO5/c1-36-22-14-17(11-13-20(22)32)24-23(21(33)12-10-16-6-3-2-4-7-16)25(34)26(35)31(24)19-9-5-8-18(15-19)27(28,29)30/h2-15,24,32,34H,1H3/b12-10+/t24-/m1/s1. The molecular weight excluding hydrogens is 475 g/mol. The van der Waals surface area contributed by atoms with Crippen molar-refractivity contribution in [1.29, 1.82) is 0 Å². The second kappa shape index (κ2) is 9.61. The fourth-order valence-electron chi connectivity index (χ4n) is 3.96. The molecule has 2 N–H and O–H groups in total. The Kier molecular flexibility index (Phi) is 6.57. The van der Waals surface area contributed by atoms with Crippen molar-refractivity contribution in [3.63, 3.8) is 0 Å². The quantitative estimate of drug-likeness (QED) is 0.435. The summed E-state index contributed by atoms with van der Waals surface area (Å²) >= 11 is 0. The zero-order chi connectivity index (χ0) is 26.0. The minimum absolute atomic E-state index is 0.0157. The number of alkyl halides is 3. The zero-order valence-corrected chi connectivity index (χ0v) is 18.9. The number of allylic oxidation sites excluding steroid dienone is 1. The molecule has 0 saturated heterocycles. The van der Waals surface area contributed by atoms with Crippen molar-refractivity contribution >= 4 is 23.5 Å². The Bertz CT molecular complexity index is 1380. The van der Waals surface area contributed by atoms with Gasteiger partial charge in [0, 0.05) is 5.69 Å². The van der Waals surface area contributed by atoms with Gasteiger partial charge in [0.2, 0.25) is 0 Å². The molecule has 1 heterocycles. The van der Waals surface area contributed by atoms with Gasteiger partial charge in [-0.2, -0.15) is 13.2 Å². The Balaban J connectivity index is 1.85. The maximum absolute atomic E-state index is 13.4. The minimum Gasteiger partial charge on any atom is -0.504 e. The van der Waals surface area contributed by atoms with Gasteiger partial charge in [-0.05, 0) is 47.5 Å². The van der Waals surface area contributed by atoms with Crippen LogP contribution in [0.5, 0.6) is 11.5 Å². The number of carbonyl (C=O) groups excluding carboxylic acids is 2. The number of ketones is 1. The van der Waals surface area contributed by atoms with Crippen LogP contribution in [0.25, 0.3) is 6.08 Å². The van der Waals surface area contributed by atoms with Crippen molar-refractivity contribution in [2.75, 3.05) is 12.0 Å². The number of phenols is 1. The number of phenolic OH excluding ortho intramolecular Hbond substituents is 1. The zero-order valence-electron chi connectivity index (χ0n) is 18.9. The molecule has 0 bridgehead atoms. The number of nitrogens with zero attached hydrogens (tertiary/aromatic N) is 1. The summed E-state index contributed by atoms with van der Waals surface area (Å²) < 4.78 is 45.3. The molecule has 9 heteroatoms. The molecule has 4 rings (SSSR count). The number of hydrogen-bond acceptors (Lipinski definition) is 5. The lowest BCUT2D eigenvalue weighted by molar-refractivity contribution is -0.137. The number of anilines is 1. The maximum atomic E-state index is 13.4. The first kappa shape index (κ1) is 24.6. The number of rotatable bonds is 6. The Hall–Kier alpha value is -4.53. The summed E-state index contributed by atoms with van der Waals surface area (Å²) in [6.07, 6.45) is -2.01. The second-order valence-corrected chi connectivity index (χ2v) is 7.93. The van der Waals surface area contributed by atoms with E-state index in [9.17, 15) is 33.0 Å². The number of methoxy groups -OCH3 is 1. The smallest absolute Gasteiger partial charge is 0.416 e. The summed E-state index contributed by atoms with van der Waals surface area (Å²) in [6, 6.07) is 15.6. The first-order valence-corrected chi connectivity index (χ1v) is 10.7. The van der Waals surface area contributed by atoms with Crippen molar-refractivity contribution in [3.05, 3.63) is 107 Å². The van der Waals surface area contributed by atoms with Gasteiger partial charge in [0.1, 0.15) is 0 Å². The van der Waals surface area contributed by atoms with Crippen molar-refractivity contribution in [1.82, 2.24) is 0 Å². The van der Waals surface area contributed by atoms with E-state index < -0.39 is 35.2 Å². The lowest BCUT2D eigenvalue weighted by Gasteiger charge is -2.27. The van der Waals surface area contributed by atoms with Crippen molar-refractivity contribution in [2.45, 2.75) is 12.2 Å². The van der Waals surface area contributed by atoms with Crippen molar-refractivity contribution in [3.8, 4) is 11.5 Å². The van der Waals surface area contributed by atoms with Crippen LogP contribution in [-0.4, -0.2) is 29.0 Å². The lowest BCUT2D eigenvalue weighted by atomic mass is 9.94. The van der Waals surface area contributed by atoms with Crippen LogP contribution in [0, 0.1) is 0 Å². The van der Waals surface area contributed by atoms with Gasteiger partial charge in [0.15, 0.2) is 23.0 Å². The molecule has 1 aliphatic heterocycles. The average molecular weight is 495 g/mol. The van der Waals surface area contributed by atoms with Gasteiger partial charge in [-0.25, -0.2) is 0 Å². The molecule has 0 aliphatic carbocycles. The molecule has 1 atom stereocenters. The van der Waals surface area contributed by atoms with Gasteiger partial charge in [0.25, 0.3) is 5.91 Å². The van der Waals surface area contributed by atoms with Gasteiger partial charge in [0.05, 0.1) is 24.3 Å². The number of amides is 1. The third-order valence-corrected chi connectivity index (χ3v) is 5.67. The predicted molar refractivity (Wildman–Crippen MR) is 126 cm³/mol. The first-order chi connectivity index (χ1) is 17.1. The Morgan fingerprint density at radius 1 is 1.00 bits per heavy atom. The van der Waals surface area contributed by atoms with E-state index in [1.807, 2.05) is 0 Å². The number of halogens is 3. The van der Waals surface area contributed by atoms with E-state index in [2.05, 4.69) is 0 Å². The van der Waals surface area contributed by atoms with Crippen LogP contribution in [0.1, 0.15) is 22.7 Å². The summed E-state index contributed by atoms with van der Waals surface area (Å²) in [6.45, 7) is 0. The van der Waals surface area contributed by atoms with E-state index in [0.29, 0.717) is 5.56 Å². The second-order valence-electron chi connectivity index (χ2n) is 7.93. The number of ether oxygens (including phenoxy) is 1. The third-order valence-electron chi connectivity index (χ3n) is 5.67. The van der Waals surface area contributed by atoms with Gasteiger partial charge in [-0.3, -0.25) is 14.5 Å². The van der Waals surface area contributed by atoms with Crippen LogP contribution in [0.3, 0.4) is 0 Å². The molecule has 1 amide bonds. The highest BCUT2D eigenvalue weighted by Crippen LogP contribution is 2.44. The van der Waals surface area contributed by atoms with Gasteiger partial charge in [-0.15, -0.1) is 0 Å². The van der Waals surface area contributed by atoms with E-state index >= 15 is 0 Å². The van der Waals surface area contributed by atoms with Crippen LogP contribution in [-0.2, 0) is 15.8 Å². The number of aromatic hydroxyl groups is 1. The normalized spacial score (nSPS) is 16.2. The van der Waals surface area contributed by atoms with E-state index in [-0.39, 0.29) is 28.3 Å². The Morgan fingerprint density at radius 3 is 2.39 bits per heavy atom. The molecule has 0 spiro atoms. The molecule has 184 valence electrons. The molecule has 0 fully saturated rings. The van der Waals surface area contributed by atoms with Crippen LogP contribution < -0.4 is 9.64 Å². The topological polar surface area (TPSA) is 87.1 Å². The SMILES string of the molecule is COc1cc([C@@H]2C(C(=O)/C=C/c3ccccc3)=C(O)C(=O)N2c2cccc(C(F)(F)F)c2)ccc1O. The predicted octanol–water partition coefficient (Wildman–Crippen LogP) is 5.60. The van der Waals surface area contributed by atoms with Gasteiger partial charge < -0.3 is 14.9 Å². The molecule has 36 heavy (non-hydrogen) atoms. The first-order valence-electron chi connectivity index (χ1n) is 10.7.